The summed E-state index contributed by atoms with van der Waals surface area (Å²) in [5.41, 5.74) is 2.79. The highest BCUT2D eigenvalue weighted by atomic mass is 16.5. The molecule has 0 fully saturated rings. The van der Waals surface area contributed by atoms with Crippen LogP contribution in [0.1, 0.15) is 12.5 Å². The number of aliphatic hydroxyl groups is 1. The number of anilines is 1. The molecular weight excluding hydrogens is 356 g/mol. The second-order valence-electron chi connectivity index (χ2n) is 6.76. The van der Waals surface area contributed by atoms with Gasteiger partial charge in [0.1, 0.15) is 18.9 Å². The molecular formula is C21H26N4O3. The maximum atomic E-state index is 12.4. The summed E-state index contributed by atoms with van der Waals surface area (Å²) in [6.45, 7) is 5.00. The fourth-order valence-corrected chi connectivity index (χ4v) is 2.87. The van der Waals surface area contributed by atoms with E-state index < -0.39 is 6.10 Å². The number of aliphatic hydroxyl groups excluding tert-OH is 1. The first-order valence-corrected chi connectivity index (χ1v) is 9.36. The first kappa shape index (κ1) is 19.7. The van der Waals surface area contributed by atoms with Crippen molar-refractivity contribution in [2.24, 2.45) is 0 Å². The molecule has 0 saturated carbocycles. The summed E-state index contributed by atoms with van der Waals surface area (Å²) < 4.78 is 7.47. The summed E-state index contributed by atoms with van der Waals surface area (Å²) in [7, 11) is 0. The second-order valence-corrected chi connectivity index (χ2v) is 6.76. The molecule has 7 heteroatoms. The number of nitrogens with one attached hydrogen (secondary N) is 2. The molecule has 0 saturated heterocycles. The Balaban J connectivity index is 1.58. The minimum Gasteiger partial charge on any atom is -0.492 e. The Morgan fingerprint density at radius 3 is 2.86 bits per heavy atom. The molecule has 0 unspecified atom stereocenters. The highest BCUT2D eigenvalue weighted by molar-refractivity contribution is 5.83. The fraction of sp³-hybridized carbons (Fsp3) is 0.333. The Labute approximate surface area is 164 Å². The first-order chi connectivity index (χ1) is 13.5. The van der Waals surface area contributed by atoms with Crippen LogP contribution >= 0.6 is 0 Å². The van der Waals surface area contributed by atoms with Gasteiger partial charge >= 0.3 is 0 Å². The molecule has 0 aliphatic heterocycles. The standard InChI is InChI=1S/C21H26N4O3/c1-15-6-5-7-17(12-15)28-11-10-22-20(27)14-25-19-9-4-3-8-18(19)24-21(25)23-13-16(2)26/h3-9,12,16,26H,10-11,13-14H2,1-2H3,(H,22,27)(H,23,24)/t16-/m1/s1. The molecule has 0 aliphatic rings. The number of benzene rings is 2. The van der Waals surface area contributed by atoms with Crippen molar-refractivity contribution in [1.82, 2.24) is 14.9 Å². The van der Waals surface area contributed by atoms with Crippen molar-refractivity contribution >= 4 is 22.9 Å². The maximum Gasteiger partial charge on any atom is 0.240 e. The van der Waals surface area contributed by atoms with E-state index in [0.29, 0.717) is 25.6 Å². The summed E-state index contributed by atoms with van der Waals surface area (Å²) in [5.74, 6) is 1.23. The van der Waals surface area contributed by atoms with Crippen LogP contribution in [0.4, 0.5) is 5.95 Å². The van der Waals surface area contributed by atoms with Gasteiger partial charge in [-0.3, -0.25) is 4.79 Å². The number of rotatable bonds is 9. The number of carbonyl (C=O) groups excluding carboxylic acids is 1. The first-order valence-electron chi connectivity index (χ1n) is 9.36. The number of carbonyl (C=O) groups is 1. The lowest BCUT2D eigenvalue weighted by atomic mass is 10.2. The van der Waals surface area contributed by atoms with Gasteiger partial charge in [0.15, 0.2) is 0 Å². The van der Waals surface area contributed by atoms with Gasteiger partial charge in [-0.05, 0) is 43.7 Å². The number of aromatic nitrogens is 2. The molecule has 148 valence electrons. The molecule has 0 bridgehead atoms. The van der Waals surface area contributed by atoms with Crippen LogP contribution < -0.4 is 15.4 Å². The third kappa shape index (κ3) is 5.23. The van der Waals surface area contributed by atoms with E-state index in [9.17, 15) is 9.90 Å². The van der Waals surface area contributed by atoms with Gasteiger partial charge in [-0.25, -0.2) is 4.98 Å². The van der Waals surface area contributed by atoms with Crippen molar-refractivity contribution in [2.45, 2.75) is 26.5 Å². The normalized spacial score (nSPS) is 12.0. The Bertz CT molecular complexity index is 936. The number of para-hydroxylation sites is 2. The van der Waals surface area contributed by atoms with Gasteiger partial charge in [0, 0.05) is 6.54 Å². The number of nitrogens with zero attached hydrogens (tertiary/aromatic N) is 2. The number of fused-ring (bicyclic) bond motifs is 1. The van der Waals surface area contributed by atoms with Crippen molar-refractivity contribution in [2.75, 3.05) is 25.0 Å². The van der Waals surface area contributed by atoms with Crippen LogP contribution in [0.2, 0.25) is 0 Å². The monoisotopic (exact) mass is 382 g/mol. The molecule has 3 aromatic rings. The molecule has 3 N–H and O–H groups in total. The van der Waals surface area contributed by atoms with Gasteiger partial charge in [0.2, 0.25) is 11.9 Å². The Morgan fingerprint density at radius 1 is 1.25 bits per heavy atom. The molecule has 0 aliphatic carbocycles. The lowest BCUT2D eigenvalue weighted by molar-refractivity contribution is -0.121. The molecule has 1 heterocycles. The SMILES string of the molecule is Cc1cccc(OCCNC(=O)Cn2c(NC[C@@H](C)O)nc3ccccc32)c1. The van der Waals surface area contributed by atoms with Gasteiger partial charge in [-0.15, -0.1) is 0 Å². The molecule has 1 amide bonds. The predicted octanol–water partition coefficient (Wildman–Crippen LogP) is 2.33. The number of ether oxygens (including phenoxy) is 1. The summed E-state index contributed by atoms with van der Waals surface area (Å²) in [6, 6.07) is 15.4. The Kier molecular flexibility index (Phi) is 6.49. The highest BCUT2D eigenvalue weighted by Crippen LogP contribution is 2.19. The van der Waals surface area contributed by atoms with E-state index in [1.165, 1.54) is 0 Å². The van der Waals surface area contributed by atoms with E-state index in [1.807, 2.05) is 60.0 Å². The molecule has 0 spiro atoms. The van der Waals surface area contributed by atoms with E-state index in [1.54, 1.807) is 6.92 Å². The Hall–Kier alpha value is -3.06. The van der Waals surface area contributed by atoms with Crippen molar-refractivity contribution in [3.8, 4) is 5.75 Å². The molecule has 2 aromatic carbocycles. The average Bonchev–Trinajstić information content (AvgIpc) is 3.01. The number of hydrogen-bond donors (Lipinski definition) is 3. The lowest BCUT2D eigenvalue weighted by Crippen LogP contribution is -2.31. The van der Waals surface area contributed by atoms with Gasteiger partial charge in [-0.1, -0.05) is 24.3 Å². The van der Waals surface area contributed by atoms with Crippen molar-refractivity contribution < 1.29 is 14.6 Å². The zero-order valence-electron chi connectivity index (χ0n) is 16.2. The van der Waals surface area contributed by atoms with Crippen LogP contribution in [0.15, 0.2) is 48.5 Å². The summed E-state index contributed by atoms with van der Waals surface area (Å²) in [4.78, 5) is 16.9. The van der Waals surface area contributed by atoms with Gasteiger partial charge < -0.3 is 25.0 Å². The third-order valence-corrected chi connectivity index (χ3v) is 4.19. The number of hydrogen-bond acceptors (Lipinski definition) is 5. The van der Waals surface area contributed by atoms with E-state index >= 15 is 0 Å². The number of imidazole rings is 1. The number of aryl methyl sites for hydroxylation is 1. The van der Waals surface area contributed by atoms with Crippen molar-refractivity contribution in [1.29, 1.82) is 0 Å². The van der Waals surface area contributed by atoms with Crippen LogP contribution in [0, 0.1) is 6.92 Å². The van der Waals surface area contributed by atoms with E-state index in [0.717, 1.165) is 22.3 Å². The van der Waals surface area contributed by atoms with Crippen molar-refractivity contribution in [3.63, 3.8) is 0 Å². The highest BCUT2D eigenvalue weighted by Gasteiger charge is 2.13. The molecule has 7 nitrogen and oxygen atoms in total. The lowest BCUT2D eigenvalue weighted by Gasteiger charge is -2.12. The smallest absolute Gasteiger partial charge is 0.240 e. The van der Waals surface area contributed by atoms with Crippen LogP contribution in [0.3, 0.4) is 0 Å². The summed E-state index contributed by atoms with van der Waals surface area (Å²) >= 11 is 0. The minimum atomic E-state index is -0.513. The predicted molar refractivity (Wildman–Crippen MR) is 110 cm³/mol. The summed E-state index contributed by atoms with van der Waals surface area (Å²) in [6.07, 6.45) is -0.513. The van der Waals surface area contributed by atoms with E-state index in [2.05, 4.69) is 15.6 Å². The van der Waals surface area contributed by atoms with E-state index in [4.69, 9.17) is 4.74 Å². The topological polar surface area (TPSA) is 88.4 Å². The molecule has 1 aromatic heterocycles. The largest absolute Gasteiger partial charge is 0.492 e. The van der Waals surface area contributed by atoms with Gasteiger partial charge in [0.25, 0.3) is 0 Å². The molecule has 1 atom stereocenters. The van der Waals surface area contributed by atoms with Crippen LogP contribution in [-0.2, 0) is 11.3 Å². The number of amides is 1. The molecule has 28 heavy (non-hydrogen) atoms. The molecule has 0 radical (unpaired) electrons. The second kappa shape index (κ2) is 9.23. The van der Waals surface area contributed by atoms with Crippen LogP contribution in [-0.4, -0.2) is 46.4 Å². The zero-order valence-corrected chi connectivity index (χ0v) is 16.2. The summed E-state index contributed by atoms with van der Waals surface area (Å²) in [5, 5.41) is 15.5. The molecule has 3 rings (SSSR count). The average molecular weight is 382 g/mol. The van der Waals surface area contributed by atoms with E-state index in [-0.39, 0.29) is 12.5 Å². The minimum absolute atomic E-state index is 0.129. The zero-order chi connectivity index (χ0) is 19.9. The maximum absolute atomic E-state index is 12.4. The third-order valence-electron chi connectivity index (χ3n) is 4.19. The van der Waals surface area contributed by atoms with Gasteiger partial charge in [-0.2, -0.15) is 0 Å². The fourth-order valence-electron chi connectivity index (χ4n) is 2.87. The van der Waals surface area contributed by atoms with Crippen LogP contribution in [0.25, 0.3) is 11.0 Å². The van der Waals surface area contributed by atoms with Gasteiger partial charge in [0.05, 0.1) is 23.7 Å². The van der Waals surface area contributed by atoms with Crippen molar-refractivity contribution in [3.05, 3.63) is 54.1 Å². The van der Waals surface area contributed by atoms with Crippen LogP contribution in [0.5, 0.6) is 5.75 Å². The Morgan fingerprint density at radius 2 is 2.07 bits per heavy atom. The quantitative estimate of drug-likeness (QED) is 0.495.